The number of benzene rings is 2. The van der Waals surface area contributed by atoms with Gasteiger partial charge in [-0.1, -0.05) is 31.2 Å². The Hall–Kier alpha value is -4.72. The molecule has 3 aromatic rings. The van der Waals surface area contributed by atoms with Crippen LogP contribution in [0.25, 0.3) is 0 Å². The summed E-state index contributed by atoms with van der Waals surface area (Å²) in [5.41, 5.74) is 1.16. The van der Waals surface area contributed by atoms with E-state index in [1.165, 1.54) is 23.3 Å². The van der Waals surface area contributed by atoms with Crippen LogP contribution in [0.5, 0.6) is 17.4 Å². The Kier molecular flexibility index (Phi) is 15.9. The normalized spacial score (nSPS) is 30.6. The number of pyridine rings is 1. The van der Waals surface area contributed by atoms with Crippen molar-refractivity contribution in [2.75, 3.05) is 72.7 Å². The molecule has 422 valence electrons. The van der Waals surface area contributed by atoms with Gasteiger partial charge in [-0.05, 0) is 163 Å². The molecular weight excluding hydrogens is 996 g/mol. The molecule has 15 nitrogen and oxygen atoms in total. The molecule has 4 aliphatic heterocycles. The zero-order chi connectivity index (χ0) is 54.5. The highest BCUT2D eigenvalue weighted by molar-refractivity contribution is 5.78. The van der Waals surface area contributed by atoms with Gasteiger partial charge >= 0.3 is 12.3 Å². The highest BCUT2D eigenvalue weighted by atomic mass is 19.4. The maximum absolute atomic E-state index is 14.0. The molecule has 10 rings (SSSR count). The number of piperidine rings is 1. The number of aromatic nitrogens is 1. The van der Waals surface area contributed by atoms with Crippen LogP contribution >= 0.6 is 0 Å². The lowest BCUT2D eigenvalue weighted by molar-refractivity contribution is -0.156. The number of aryl methyl sites for hydroxylation is 1. The van der Waals surface area contributed by atoms with Crippen LogP contribution in [-0.4, -0.2) is 162 Å². The van der Waals surface area contributed by atoms with E-state index >= 15 is 0 Å². The minimum Gasteiger partial charge on any atom is -0.497 e. The molecule has 0 radical (unpaired) electrons. The molecule has 0 spiro atoms. The highest BCUT2D eigenvalue weighted by Gasteiger charge is 2.61. The second-order valence-corrected chi connectivity index (χ2v) is 24.5. The van der Waals surface area contributed by atoms with E-state index in [0.717, 1.165) is 88.6 Å². The zero-order valence-electron chi connectivity index (χ0n) is 46.0. The van der Waals surface area contributed by atoms with Gasteiger partial charge in [0.05, 0.1) is 25.4 Å². The highest BCUT2D eigenvalue weighted by Crippen LogP contribution is 2.65. The van der Waals surface area contributed by atoms with Gasteiger partial charge in [-0.15, -0.1) is 0 Å². The molecule has 4 saturated heterocycles. The first-order valence-corrected chi connectivity index (χ1v) is 28.1. The van der Waals surface area contributed by atoms with E-state index in [1.54, 1.807) is 7.11 Å². The fourth-order valence-electron chi connectivity index (χ4n) is 14.1. The second kappa shape index (κ2) is 22.1. The number of rotatable bonds is 14. The number of fused-ring (bicyclic) bond motifs is 6. The summed E-state index contributed by atoms with van der Waals surface area (Å²) in [6.45, 7) is 17.7. The molecule has 18 heteroatoms. The summed E-state index contributed by atoms with van der Waals surface area (Å²) in [5, 5.41) is 12.7. The van der Waals surface area contributed by atoms with Crippen LogP contribution in [0.3, 0.4) is 0 Å². The Labute approximate surface area is 452 Å². The number of piperazine rings is 1. The maximum atomic E-state index is 14.0. The van der Waals surface area contributed by atoms with Crippen molar-refractivity contribution in [3.05, 3.63) is 83.0 Å². The number of carbonyl (C=O) groups is 2. The summed E-state index contributed by atoms with van der Waals surface area (Å²) in [7, 11) is 1.72. The average molecular weight is 1080 g/mol. The molecule has 5 heterocycles. The molecule has 2 aromatic carbocycles. The lowest BCUT2D eigenvalue weighted by Gasteiger charge is -2.53. The molecule has 2 amide bonds. The lowest BCUT2D eigenvalue weighted by Crippen LogP contribution is -2.58. The van der Waals surface area contributed by atoms with Gasteiger partial charge in [0.25, 0.3) is 5.91 Å². The van der Waals surface area contributed by atoms with E-state index in [2.05, 4.69) is 39.9 Å². The first kappa shape index (κ1) is 55.6. The molecule has 7 aliphatic rings. The van der Waals surface area contributed by atoms with Crippen LogP contribution in [0.15, 0.2) is 60.7 Å². The summed E-state index contributed by atoms with van der Waals surface area (Å²) >= 11 is 0. The first-order valence-electron chi connectivity index (χ1n) is 28.1. The van der Waals surface area contributed by atoms with Crippen molar-refractivity contribution in [3.8, 4) is 17.4 Å². The Balaban J connectivity index is 0.665. The summed E-state index contributed by atoms with van der Waals surface area (Å²) in [5.74, 6) is 1.82. The number of aliphatic hydroxyl groups is 1. The van der Waals surface area contributed by atoms with Gasteiger partial charge in [0.15, 0.2) is 18.5 Å². The molecule has 0 unspecified atom stereocenters. The van der Waals surface area contributed by atoms with E-state index in [4.69, 9.17) is 33.2 Å². The predicted octanol–water partition coefficient (Wildman–Crippen LogP) is 8.88. The summed E-state index contributed by atoms with van der Waals surface area (Å²) < 4.78 is 82.3. The quantitative estimate of drug-likeness (QED) is 0.164. The van der Waals surface area contributed by atoms with Crippen LogP contribution < -0.4 is 14.2 Å². The third kappa shape index (κ3) is 12.2. The Morgan fingerprint density at radius 1 is 0.857 bits per heavy atom. The number of methoxy groups -OCH3 is 1. The largest absolute Gasteiger partial charge is 0.497 e. The Bertz CT molecular complexity index is 2550. The van der Waals surface area contributed by atoms with Gasteiger partial charge in [0.1, 0.15) is 35.0 Å². The van der Waals surface area contributed by atoms with Crippen LogP contribution in [0.4, 0.5) is 18.0 Å². The van der Waals surface area contributed by atoms with Gasteiger partial charge in [0, 0.05) is 71.0 Å². The number of hydrogen-bond acceptors (Lipinski definition) is 13. The van der Waals surface area contributed by atoms with Crippen molar-refractivity contribution in [2.45, 2.75) is 165 Å². The Morgan fingerprint density at radius 3 is 2.29 bits per heavy atom. The smallest absolute Gasteiger partial charge is 0.433 e. The average Bonchev–Trinajstić information content (AvgIpc) is 4.02. The summed E-state index contributed by atoms with van der Waals surface area (Å²) in [6.07, 6.45) is 0.595. The van der Waals surface area contributed by atoms with Crippen LogP contribution in [-0.2, 0) is 42.9 Å². The Morgan fingerprint density at radius 2 is 1.57 bits per heavy atom. The van der Waals surface area contributed by atoms with E-state index in [0.29, 0.717) is 68.9 Å². The topological polar surface area (TPSA) is 145 Å². The molecule has 3 aliphatic carbocycles. The SMILES string of the molecule is COc1ccc2c(c1)CC[C@@H]1[C@@H]2CC[C@@]2(C)[C@H]1CC[C@@]2(O)CCN(C(=O)OC(C)(C)C)C1CCN(C(=O)COc2ccc(CN3CCN(C[C@H]4OC[C@H](Oc5cccc(C(F)(F)F)n5)[C@H]5OC(C)(C)O[C@H]54)CC3)cc2)CC1. The first-order chi connectivity index (χ1) is 36.6. The molecule has 6 fully saturated rings. The number of nitrogens with zero attached hydrogens (tertiary/aromatic N) is 5. The van der Waals surface area contributed by atoms with Gasteiger partial charge in [-0.3, -0.25) is 14.6 Å². The minimum atomic E-state index is -4.59. The van der Waals surface area contributed by atoms with Crippen molar-refractivity contribution in [1.82, 2.24) is 24.6 Å². The molecule has 77 heavy (non-hydrogen) atoms. The molecule has 2 saturated carbocycles. The van der Waals surface area contributed by atoms with Crippen molar-refractivity contribution >= 4 is 12.0 Å². The molecular formula is C59H80F3N5O10. The predicted molar refractivity (Wildman–Crippen MR) is 281 cm³/mol. The van der Waals surface area contributed by atoms with Crippen LogP contribution in [0.1, 0.15) is 121 Å². The van der Waals surface area contributed by atoms with E-state index in [1.807, 2.05) is 68.7 Å². The van der Waals surface area contributed by atoms with Crippen molar-refractivity contribution in [3.63, 3.8) is 0 Å². The van der Waals surface area contributed by atoms with Crippen molar-refractivity contribution < 1.29 is 61.0 Å². The number of ether oxygens (including phenoxy) is 7. The summed E-state index contributed by atoms with van der Waals surface area (Å²) in [6, 6.07) is 17.9. The number of amides is 2. The molecule has 1 N–H and O–H groups in total. The third-order valence-electron chi connectivity index (χ3n) is 18.2. The monoisotopic (exact) mass is 1080 g/mol. The number of halogens is 3. The number of hydrogen-bond donors (Lipinski definition) is 1. The van der Waals surface area contributed by atoms with Gasteiger partial charge in [0.2, 0.25) is 5.88 Å². The third-order valence-corrected chi connectivity index (χ3v) is 18.2. The van der Waals surface area contributed by atoms with E-state index in [-0.39, 0.29) is 48.7 Å². The lowest BCUT2D eigenvalue weighted by atomic mass is 9.53. The number of carbonyl (C=O) groups excluding carboxylic acids is 2. The van der Waals surface area contributed by atoms with E-state index in [9.17, 15) is 27.9 Å². The standard InChI is InChI=1S/C59H80F3N5O10/c1-55(2,3)77-54(69)67(28-25-58(70)24-20-46-45-17-13-39-33-42(71-7)16-18-43(39)44(45)19-23-57(46,58)6)40-21-26-66(27-22-40)51(68)37-72-41-14-11-38(12-15-41)34-64-29-31-65(32-30-64)35-47-52-53(76-56(4,5)75-52)48(36-73-47)74-50-10-8-9-49(63-50)59(60,61)62/h8-12,14-16,18,33,40,44-48,52-53,70H,13,17,19-32,34-37H2,1-7H3/t44-,45-,46+,47-,48+,52+,53-,57+,58-/m1/s1. The molecule has 0 bridgehead atoms. The second-order valence-electron chi connectivity index (χ2n) is 24.5. The fraction of sp³-hybridized carbons (Fsp3) is 0.678. The maximum Gasteiger partial charge on any atom is 0.433 e. The fourth-order valence-corrected chi connectivity index (χ4v) is 14.1. The van der Waals surface area contributed by atoms with Crippen LogP contribution in [0.2, 0.25) is 0 Å². The van der Waals surface area contributed by atoms with Crippen molar-refractivity contribution in [2.24, 2.45) is 17.3 Å². The number of alkyl halides is 3. The van der Waals surface area contributed by atoms with Gasteiger partial charge < -0.3 is 48.1 Å². The van der Waals surface area contributed by atoms with E-state index < -0.39 is 47.2 Å². The minimum absolute atomic E-state index is 0.0855. The molecule has 9 atom stereocenters. The van der Waals surface area contributed by atoms with Crippen LogP contribution in [0, 0.1) is 17.3 Å². The van der Waals surface area contributed by atoms with Gasteiger partial charge in [-0.25, -0.2) is 9.78 Å². The number of likely N-dealkylation sites (tertiary alicyclic amines) is 1. The molecule has 1 aromatic heterocycles. The van der Waals surface area contributed by atoms with Crippen molar-refractivity contribution in [1.29, 1.82) is 0 Å². The zero-order valence-corrected chi connectivity index (χ0v) is 46.0. The van der Waals surface area contributed by atoms with Gasteiger partial charge in [-0.2, -0.15) is 13.2 Å². The summed E-state index contributed by atoms with van der Waals surface area (Å²) in [4.78, 5) is 39.6.